The normalized spacial score (nSPS) is 43.0. The van der Waals surface area contributed by atoms with E-state index in [-0.39, 0.29) is 5.41 Å². The first kappa shape index (κ1) is 10.3. The van der Waals surface area contributed by atoms with Gasteiger partial charge < -0.3 is 0 Å². The number of rotatable bonds is 1. The molecule has 0 N–H and O–H groups in total. The van der Waals surface area contributed by atoms with Crippen LogP contribution in [0.15, 0.2) is 12.3 Å². The lowest BCUT2D eigenvalue weighted by atomic mass is 9.49. The molecule has 0 aromatic carbocycles. The molecule has 0 saturated heterocycles. The first-order chi connectivity index (χ1) is 8.23. The first-order valence-electron chi connectivity index (χ1n) is 6.72. The summed E-state index contributed by atoms with van der Waals surface area (Å²) in [4.78, 5) is 9.05. The highest BCUT2D eigenvalue weighted by atomic mass is 35.5. The van der Waals surface area contributed by atoms with Crippen molar-refractivity contribution in [3.8, 4) is 0 Å². The Morgan fingerprint density at radius 1 is 1.06 bits per heavy atom. The van der Waals surface area contributed by atoms with Gasteiger partial charge in [-0.15, -0.1) is 0 Å². The smallest absolute Gasteiger partial charge is 0.136 e. The Labute approximate surface area is 107 Å². The van der Waals surface area contributed by atoms with Crippen molar-refractivity contribution in [1.29, 1.82) is 0 Å². The molecular formula is C14H17ClN2. The number of hydrogen-bond donors (Lipinski definition) is 0. The average Bonchev–Trinajstić information content (AvgIpc) is 2.27. The van der Waals surface area contributed by atoms with Gasteiger partial charge in [0.05, 0.1) is 0 Å². The van der Waals surface area contributed by atoms with Crippen LogP contribution < -0.4 is 0 Å². The Balaban J connectivity index is 1.77. The highest BCUT2D eigenvalue weighted by Crippen LogP contribution is 2.60. The minimum atomic E-state index is 0.277. The maximum absolute atomic E-state index is 6.03. The van der Waals surface area contributed by atoms with Gasteiger partial charge in [0.15, 0.2) is 0 Å². The molecule has 0 amide bonds. The molecule has 0 radical (unpaired) electrons. The van der Waals surface area contributed by atoms with E-state index < -0.39 is 0 Å². The van der Waals surface area contributed by atoms with Gasteiger partial charge in [-0.2, -0.15) is 0 Å². The first-order valence-corrected chi connectivity index (χ1v) is 7.10. The molecule has 1 aromatic rings. The zero-order valence-electron chi connectivity index (χ0n) is 9.90. The molecule has 4 saturated carbocycles. The quantitative estimate of drug-likeness (QED) is 0.710. The van der Waals surface area contributed by atoms with Crippen LogP contribution >= 0.6 is 11.6 Å². The number of aromatic nitrogens is 2. The molecule has 90 valence electrons. The summed E-state index contributed by atoms with van der Waals surface area (Å²) < 4.78 is 0. The molecule has 4 aliphatic rings. The van der Waals surface area contributed by atoms with Crippen LogP contribution in [-0.4, -0.2) is 9.97 Å². The Morgan fingerprint density at radius 2 is 1.65 bits per heavy atom. The Bertz CT molecular complexity index is 422. The molecule has 0 atom stereocenters. The molecule has 0 aliphatic heterocycles. The van der Waals surface area contributed by atoms with Crippen molar-refractivity contribution in [1.82, 2.24) is 9.97 Å². The fraction of sp³-hybridized carbons (Fsp3) is 0.714. The standard InChI is InChI=1S/C14H17ClN2/c15-12-1-2-16-13(17-12)14-6-9-3-10(7-14)5-11(4-9)8-14/h1-2,9-11H,3-8H2. The predicted octanol–water partition coefficient (Wildman–Crippen LogP) is 3.60. The summed E-state index contributed by atoms with van der Waals surface area (Å²) in [5, 5.41) is 0.603. The molecule has 0 spiro atoms. The van der Waals surface area contributed by atoms with Gasteiger partial charge in [0.1, 0.15) is 11.0 Å². The highest BCUT2D eigenvalue weighted by molar-refractivity contribution is 6.29. The summed E-state index contributed by atoms with van der Waals surface area (Å²) in [6.07, 6.45) is 10.1. The molecule has 17 heavy (non-hydrogen) atoms. The van der Waals surface area contributed by atoms with Crippen molar-refractivity contribution in [3.63, 3.8) is 0 Å². The third-order valence-corrected chi connectivity index (χ3v) is 5.34. The second kappa shape index (κ2) is 3.44. The summed E-state index contributed by atoms with van der Waals surface area (Å²) in [5.74, 6) is 3.83. The molecular weight excluding hydrogens is 232 g/mol. The largest absolute Gasteiger partial charge is 0.241 e. The van der Waals surface area contributed by atoms with Gasteiger partial charge in [0, 0.05) is 11.6 Å². The van der Waals surface area contributed by atoms with E-state index >= 15 is 0 Å². The van der Waals surface area contributed by atoms with Crippen LogP contribution in [0.25, 0.3) is 0 Å². The molecule has 1 aromatic heterocycles. The van der Waals surface area contributed by atoms with Crippen molar-refractivity contribution in [2.75, 3.05) is 0 Å². The molecule has 4 aliphatic carbocycles. The summed E-state index contributed by atoms with van der Waals surface area (Å²) in [6, 6.07) is 1.78. The Kier molecular flexibility index (Phi) is 2.09. The van der Waals surface area contributed by atoms with E-state index in [4.69, 9.17) is 11.6 Å². The van der Waals surface area contributed by atoms with E-state index in [0.29, 0.717) is 5.15 Å². The van der Waals surface area contributed by atoms with Crippen LogP contribution in [-0.2, 0) is 5.41 Å². The van der Waals surface area contributed by atoms with Crippen molar-refractivity contribution < 1.29 is 0 Å². The second-order valence-corrected chi connectivity index (χ2v) is 6.79. The van der Waals surface area contributed by atoms with Crippen molar-refractivity contribution in [3.05, 3.63) is 23.2 Å². The fourth-order valence-corrected chi connectivity index (χ4v) is 5.11. The lowest BCUT2D eigenvalue weighted by Crippen LogP contribution is -2.49. The lowest BCUT2D eigenvalue weighted by molar-refractivity contribution is -0.00939. The van der Waals surface area contributed by atoms with Gasteiger partial charge >= 0.3 is 0 Å². The van der Waals surface area contributed by atoms with Gasteiger partial charge in [-0.05, 0) is 62.3 Å². The third-order valence-electron chi connectivity index (χ3n) is 5.13. The summed E-state index contributed by atoms with van der Waals surface area (Å²) in [7, 11) is 0. The van der Waals surface area contributed by atoms with Crippen LogP contribution in [0.5, 0.6) is 0 Å². The summed E-state index contributed by atoms with van der Waals surface area (Å²) in [6.45, 7) is 0. The Morgan fingerprint density at radius 3 is 2.18 bits per heavy atom. The van der Waals surface area contributed by atoms with Gasteiger partial charge in [0.2, 0.25) is 0 Å². The van der Waals surface area contributed by atoms with Crippen molar-refractivity contribution in [2.24, 2.45) is 17.8 Å². The van der Waals surface area contributed by atoms with Crippen molar-refractivity contribution >= 4 is 11.6 Å². The minimum absolute atomic E-state index is 0.277. The SMILES string of the molecule is Clc1ccnc(C23CC4CC(CC(C4)C2)C3)n1. The monoisotopic (exact) mass is 248 g/mol. The Hall–Kier alpha value is -0.630. The van der Waals surface area contributed by atoms with Crippen LogP contribution in [0.3, 0.4) is 0 Å². The van der Waals surface area contributed by atoms with Crippen LogP contribution in [0.1, 0.15) is 44.3 Å². The zero-order valence-corrected chi connectivity index (χ0v) is 10.7. The molecule has 0 unspecified atom stereocenters. The van der Waals surface area contributed by atoms with Gasteiger partial charge in [-0.3, -0.25) is 0 Å². The van der Waals surface area contributed by atoms with E-state index in [9.17, 15) is 0 Å². The van der Waals surface area contributed by atoms with Gasteiger partial charge in [-0.25, -0.2) is 9.97 Å². The number of hydrogen-bond acceptors (Lipinski definition) is 2. The van der Waals surface area contributed by atoms with Gasteiger partial charge in [0.25, 0.3) is 0 Å². The highest BCUT2D eigenvalue weighted by Gasteiger charge is 2.53. The zero-order chi connectivity index (χ0) is 11.5. The topological polar surface area (TPSA) is 25.8 Å². The average molecular weight is 249 g/mol. The molecule has 1 heterocycles. The second-order valence-electron chi connectivity index (χ2n) is 6.40. The minimum Gasteiger partial charge on any atom is -0.241 e. The fourth-order valence-electron chi connectivity index (χ4n) is 4.98. The molecule has 4 fully saturated rings. The molecule has 3 heteroatoms. The molecule has 2 nitrogen and oxygen atoms in total. The van der Waals surface area contributed by atoms with E-state index in [2.05, 4.69) is 9.97 Å². The van der Waals surface area contributed by atoms with Crippen LogP contribution in [0.4, 0.5) is 0 Å². The third kappa shape index (κ3) is 1.53. The predicted molar refractivity (Wildman–Crippen MR) is 66.9 cm³/mol. The number of halogens is 1. The molecule has 4 bridgehead atoms. The van der Waals surface area contributed by atoms with E-state index in [1.54, 1.807) is 6.07 Å². The van der Waals surface area contributed by atoms with Gasteiger partial charge in [-0.1, -0.05) is 11.6 Å². The van der Waals surface area contributed by atoms with Crippen molar-refractivity contribution in [2.45, 2.75) is 43.9 Å². The maximum Gasteiger partial charge on any atom is 0.136 e. The van der Waals surface area contributed by atoms with Crippen LogP contribution in [0, 0.1) is 17.8 Å². The van der Waals surface area contributed by atoms with E-state index in [0.717, 1.165) is 23.6 Å². The van der Waals surface area contributed by atoms with Crippen LogP contribution in [0.2, 0.25) is 5.15 Å². The summed E-state index contributed by atoms with van der Waals surface area (Å²) in [5.41, 5.74) is 0.277. The maximum atomic E-state index is 6.03. The molecule has 5 rings (SSSR count). The van der Waals surface area contributed by atoms with E-state index in [1.807, 2.05) is 6.20 Å². The summed E-state index contributed by atoms with van der Waals surface area (Å²) >= 11 is 6.03. The lowest BCUT2D eigenvalue weighted by Gasteiger charge is -2.55. The number of nitrogens with zero attached hydrogens (tertiary/aromatic N) is 2. The van der Waals surface area contributed by atoms with E-state index in [1.165, 1.54) is 38.5 Å².